The van der Waals surface area contributed by atoms with Crippen LogP contribution in [0.2, 0.25) is 5.02 Å². The number of rotatable bonds is 8. The zero-order chi connectivity index (χ0) is 14.1. The summed E-state index contributed by atoms with van der Waals surface area (Å²) < 4.78 is 5.45. The van der Waals surface area contributed by atoms with Gasteiger partial charge in [-0.25, -0.2) is 0 Å². The number of hydrogen-bond donors (Lipinski definition) is 2. The van der Waals surface area contributed by atoms with E-state index in [4.69, 9.17) is 21.4 Å². The average molecular weight is 286 g/mol. The number of benzene rings is 1. The lowest BCUT2D eigenvalue weighted by atomic mass is 10.2. The Morgan fingerprint density at radius 3 is 2.84 bits per heavy atom. The summed E-state index contributed by atoms with van der Waals surface area (Å²) in [6.45, 7) is 2.75. The minimum absolute atomic E-state index is 0.0771. The molecule has 0 aromatic heterocycles. The SMILES string of the molecule is CCCOc1ccc(NC(=O)CCCCO)cc1Cl. The molecule has 0 aliphatic heterocycles. The fourth-order valence-corrected chi connectivity index (χ4v) is 1.76. The van der Waals surface area contributed by atoms with Crippen molar-refractivity contribution in [3.05, 3.63) is 23.2 Å². The van der Waals surface area contributed by atoms with Gasteiger partial charge < -0.3 is 15.2 Å². The van der Waals surface area contributed by atoms with Crippen LogP contribution in [0.4, 0.5) is 5.69 Å². The minimum Gasteiger partial charge on any atom is -0.492 e. The Kier molecular flexibility index (Phi) is 7.30. The maximum atomic E-state index is 11.6. The summed E-state index contributed by atoms with van der Waals surface area (Å²) >= 11 is 6.07. The van der Waals surface area contributed by atoms with Crippen LogP contribution < -0.4 is 10.1 Å². The number of carbonyl (C=O) groups excluding carboxylic acids is 1. The predicted octanol–water partition coefficient (Wildman–Crippen LogP) is 3.23. The zero-order valence-electron chi connectivity index (χ0n) is 11.1. The summed E-state index contributed by atoms with van der Waals surface area (Å²) in [6, 6.07) is 5.19. The van der Waals surface area contributed by atoms with Crippen molar-refractivity contribution < 1.29 is 14.6 Å². The van der Waals surface area contributed by atoms with E-state index in [0.717, 1.165) is 6.42 Å². The van der Waals surface area contributed by atoms with Crippen LogP contribution in [0.15, 0.2) is 18.2 Å². The third-order valence-electron chi connectivity index (χ3n) is 2.49. The zero-order valence-corrected chi connectivity index (χ0v) is 11.9. The molecule has 0 heterocycles. The molecule has 0 aliphatic rings. The summed E-state index contributed by atoms with van der Waals surface area (Å²) in [5.41, 5.74) is 0.655. The Balaban J connectivity index is 2.50. The molecule has 0 saturated heterocycles. The molecule has 0 radical (unpaired) electrons. The number of hydrogen-bond acceptors (Lipinski definition) is 3. The standard InChI is InChI=1S/C14H20ClNO3/c1-2-9-19-13-7-6-11(10-12(13)15)16-14(18)5-3-4-8-17/h6-7,10,17H,2-5,8-9H2,1H3,(H,16,18). The molecule has 1 aromatic rings. The Morgan fingerprint density at radius 2 is 2.21 bits per heavy atom. The smallest absolute Gasteiger partial charge is 0.224 e. The Labute approximate surface area is 118 Å². The van der Waals surface area contributed by atoms with Crippen LogP contribution in [0.5, 0.6) is 5.75 Å². The molecular formula is C14H20ClNO3. The Bertz CT molecular complexity index is 410. The Hall–Kier alpha value is -1.26. The van der Waals surface area contributed by atoms with Crippen LogP contribution in [0.3, 0.4) is 0 Å². The fraction of sp³-hybridized carbons (Fsp3) is 0.500. The predicted molar refractivity (Wildman–Crippen MR) is 76.8 cm³/mol. The first-order valence-electron chi connectivity index (χ1n) is 6.50. The van der Waals surface area contributed by atoms with E-state index in [9.17, 15) is 4.79 Å². The molecule has 4 nitrogen and oxygen atoms in total. The van der Waals surface area contributed by atoms with Crippen molar-refractivity contribution >= 4 is 23.2 Å². The second-order valence-corrected chi connectivity index (χ2v) is 4.63. The molecule has 0 aliphatic carbocycles. The van der Waals surface area contributed by atoms with Gasteiger partial charge in [-0.15, -0.1) is 0 Å². The van der Waals surface area contributed by atoms with E-state index in [2.05, 4.69) is 5.32 Å². The largest absolute Gasteiger partial charge is 0.492 e. The first-order chi connectivity index (χ1) is 9.17. The summed E-state index contributed by atoms with van der Waals surface area (Å²) in [5, 5.41) is 11.9. The molecule has 1 rings (SSSR count). The third-order valence-corrected chi connectivity index (χ3v) is 2.78. The average Bonchev–Trinajstić information content (AvgIpc) is 2.38. The lowest BCUT2D eigenvalue weighted by Gasteiger charge is -2.09. The van der Waals surface area contributed by atoms with E-state index in [1.54, 1.807) is 18.2 Å². The topological polar surface area (TPSA) is 58.6 Å². The molecule has 19 heavy (non-hydrogen) atoms. The first kappa shape index (κ1) is 15.8. The molecular weight excluding hydrogens is 266 g/mol. The highest BCUT2D eigenvalue weighted by atomic mass is 35.5. The number of aliphatic hydroxyl groups is 1. The lowest BCUT2D eigenvalue weighted by molar-refractivity contribution is -0.116. The van der Waals surface area contributed by atoms with E-state index in [1.807, 2.05) is 6.92 Å². The van der Waals surface area contributed by atoms with E-state index < -0.39 is 0 Å². The van der Waals surface area contributed by atoms with Crippen molar-refractivity contribution in [2.45, 2.75) is 32.6 Å². The van der Waals surface area contributed by atoms with Crippen molar-refractivity contribution in [3.8, 4) is 5.75 Å². The molecule has 0 spiro atoms. The van der Waals surface area contributed by atoms with Crippen molar-refractivity contribution in [1.29, 1.82) is 0 Å². The molecule has 106 valence electrons. The Morgan fingerprint density at radius 1 is 1.42 bits per heavy atom. The number of carbonyl (C=O) groups is 1. The van der Waals surface area contributed by atoms with Crippen molar-refractivity contribution in [2.24, 2.45) is 0 Å². The first-order valence-corrected chi connectivity index (χ1v) is 6.88. The number of unbranched alkanes of at least 4 members (excludes halogenated alkanes) is 1. The molecule has 0 atom stereocenters. The van der Waals surface area contributed by atoms with E-state index in [-0.39, 0.29) is 12.5 Å². The fourth-order valence-electron chi connectivity index (χ4n) is 1.53. The molecule has 0 unspecified atom stereocenters. The highest BCUT2D eigenvalue weighted by molar-refractivity contribution is 6.32. The van der Waals surface area contributed by atoms with Gasteiger partial charge in [0.1, 0.15) is 5.75 Å². The number of nitrogens with one attached hydrogen (secondary N) is 1. The summed E-state index contributed by atoms with van der Waals surface area (Å²) in [7, 11) is 0. The molecule has 1 aromatic carbocycles. The van der Waals surface area contributed by atoms with Crippen LogP contribution in [-0.2, 0) is 4.79 Å². The van der Waals surface area contributed by atoms with Gasteiger partial charge in [0.2, 0.25) is 5.91 Å². The summed E-state index contributed by atoms with van der Waals surface area (Å²) in [6.07, 6.45) is 2.62. The lowest BCUT2D eigenvalue weighted by Crippen LogP contribution is -2.11. The molecule has 0 bridgehead atoms. The van der Waals surface area contributed by atoms with E-state index >= 15 is 0 Å². The maximum absolute atomic E-state index is 11.6. The summed E-state index contributed by atoms with van der Waals surface area (Å²) in [4.78, 5) is 11.6. The van der Waals surface area contributed by atoms with Gasteiger partial charge in [0.15, 0.2) is 0 Å². The monoisotopic (exact) mass is 285 g/mol. The van der Waals surface area contributed by atoms with Gasteiger partial charge in [-0.3, -0.25) is 4.79 Å². The second-order valence-electron chi connectivity index (χ2n) is 4.22. The molecule has 2 N–H and O–H groups in total. The molecule has 0 fully saturated rings. The molecule has 0 saturated carbocycles. The van der Waals surface area contributed by atoms with Gasteiger partial charge in [0.05, 0.1) is 11.6 Å². The normalized spacial score (nSPS) is 10.3. The van der Waals surface area contributed by atoms with Crippen LogP contribution in [0, 0.1) is 0 Å². The molecule has 1 amide bonds. The highest BCUT2D eigenvalue weighted by Gasteiger charge is 2.06. The van der Waals surface area contributed by atoms with Gasteiger partial charge in [-0.05, 0) is 37.5 Å². The van der Waals surface area contributed by atoms with Gasteiger partial charge in [0, 0.05) is 18.7 Å². The van der Waals surface area contributed by atoms with Crippen LogP contribution >= 0.6 is 11.6 Å². The van der Waals surface area contributed by atoms with Crippen LogP contribution in [0.25, 0.3) is 0 Å². The number of halogens is 1. The second kappa shape index (κ2) is 8.77. The van der Waals surface area contributed by atoms with Gasteiger partial charge >= 0.3 is 0 Å². The summed E-state index contributed by atoms with van der Waals surface area (Å²) in [5.74, 6) is 0.550. The molecule has 5 heteroatoms. The van der Waals surface area contributed by atoms with E-state index in [1.165, 1.54) is 0 Å². The quantitative estimate of drug-likeness (QED) is 0.721. The van der Waals surface area contributed by atoms with E-state index in [0.29, 0.717) is 42.3 Å². The number of anilines is 1. The van der Waals surface area contributed by atoms with Gasteiger partial charge in [-0.2, -0.15) is 0 Å². The highest BCUT2D eigenvalue weighted by Crippen LogP contribution is 2.27. The number of amides is 1. The van der Waals surface area contributed by atoms with Crippen molar-refractivity contribution in [2.75, 3.05) is 18.5 Å². The maximum Gasteiger partial charge on any atom is 0.224 e. The van der Waals surface area contributed by atoms with Crippen molar-refractivity contribution in [1.82, 2.24) is 0 Å². The number of ether oxygens (including phenoxy) is 1. The van der Waals surface area contributed by atoms with Crippen molar-refractivity contribution in [3.63, 3.8) is 0 Å². The van der Waals surface area contributed by atoms with Gasteiger partial charge in [-0.1, -0.05) is 18.5 Å². The minimum atomic E-state index is -0.0771. The number of aliphatic hydroxyl groups excluding tert-OH is 1. The van der Waals surface area contributed by atoms with Crippen LogP contribution in [-0.4, -0.2) is 24.2 Å². The van der Waals surface area contributed by atoms with Gasteiger partial charge in [0.25, 0.3) is 0 Å². The third kappa shape index (κ3) is 5.94. The van der Waals surface area contributed by atoms with Crippen LogP contribution in [0.1, 0.15) is 32.6 Å².